The molecule has 33 heavy (non-hydrogen) atoms. The Morgan fingerprint density at radius 2 is 1.94 bits per heavy atom. The maximum absolute atomic E-state index is 13.6. The fourth-order valence-corrected chi connectivity index (χ4v) is 5.22. The minimum absolute atomic E-state index is 0.0684. The Morgan fingerprint density at radius 1 is 1.18 bits per heavy atom. The summed E-state index contributed by atoms with van der Waals surface area (Å²) in [6.07, 6.45) is 2.17. The normalized spacial score (nSPS) is 21.9. The number of alkyl halides is 2. The summed E-state index contributed by atoms with van der Waals surface area (Å²) in [7, 11) is -4.34. The molecule has 4 rings (SSSR count). The van der Waals surface area contributed by atoms with Crippen LogP contribution >= 0.6 is 0 Å². The Morgan fingerprint density at radius 3 is 2.58 bits per heavy atom. The Labute approximate surface area is 192 Å². The number of carbonyl (C=O) groups excluding carboxylic acids is 1. The van der Waals surface area contributed by atoms with Crippen molar-refractivity contribution in [3.05, 3.63) is 42.1 Å². The smallest absolute Gasteiger partial charge is 0.281 e. The molecule has 2 aromatic rings. The second-order valence-electron chi connectivity index (χ2n) is 9.17. The van der Waals surface area contributed by atoms with E-state index in [2.05, 4.69) is 35.5 Å². The molecule has 0 spiro atoms. The van der Waals surface area contributed by atoms with Gasteiger partial charge in [-0.25, -0.2) is 23.5 Å². The summed E-state index contributed by atoms with van der Waals surface area (Å²) in [5.41, 5.74) is -0.116. The molecule has 0 saturated carbocycles. The zero-order valence-electron chi connectivity index (χ0n) is 18.8. The van der Waals surface area contributed by atoms with E-state index in [1.54, 1.807) is 12.3 Å². The highest BCUT2D eigenvalue weighted by Crippen LogP contribution is 2.38. The van der Waals surface area contributed by atoms with Crippen LogP contribution in [0.1, 0.15) is 44.0 Å². The van der Waals surface area contributed by atoms with Crippen LogP contribution in [-0.2, 0) is 10.0 Å². The molecule has 8 nitrogen and oxygen atoms in total. The monoisotopic (exact) mass is 479 g/mol. The van der Waals surface area contributed by atoms with Crippen molar-refractivity contribution in [3.8, 4) is 0 Å². The fourth-order valence-electron chi connectivity index (χ4n) is 4.29. The van der Waals surface area contributed by atoms with Crippen molar-refractivity contribution in [2.75, 3.05) is 29.4 Å². The second-order valence-corrected chi connectivity index (χ2v) is 10.8. The summed E-state index contributed by atoms with van der Waals surface area (Å²) in [6.45, 7) is 6.49. The number of nitrogens with one attached hydrogen (secondary N) is 1. The third-order valence-corrected chi connectivity index (χ3v) is 7.91. The third-order valence-electron chi connectivity index (χ3n) is 6.68. The van der Waals surface area contributed by atoms with E-state index in [4.69, 9.17) is 0 Å². The molecule has 0 aromatic carbocycles. The molecule has 1 unspecified atom stereocenters. The molecule has 1 amide bonds. The van der Waals surface area contributed by atoms with Crippen molar-refractivity contribution in [2.45, 2.75) is 50.1 Å². The van der Waals surface area contributed by atoms with Gasteiger partial charge in [0.2, 0.25) is 0 Å². The molecule has 0 aliphatic carbocycles. The van der Waals surface area contributed by atoms with Crippen molar-refractivity contribution in [2.24, 2.45) is 5.92 Å². The minimum atomic E-state index is -4.34. The number of rotatable bonds is 5. The van der Waals surface area contributed by atoms with E-state index in [0.717, 1.165) is 6.42 Å². The molecule has 2 aromatic heterocycles. The first kappa shape index (κ1) is 23.3. The van der Waals surface area contributed by atoms with Crippen LogP contribution in [-0.4, -0.2) is 55.4 Å². The van der Waals surface area contributed by atoms with E-state index in [9.17, 15) is 22.0 Å². The maximum Gasteiger partial charge on any atom is 0.281 e. The Hall–Kier alpha value is -2.82. The molecule has 0 radical (unpaired) electrons. The number of anilines is 2. The number of hydrogen-bond donors (Lipinski definition) is 1. The van der Waals surface area contributed by atoms with Crippen LogP contribution in [0.25, 0.3) is 0 Å². The summed E-state index contributed by atoms with van der Waals surface area (Å²) < 4.78 is 55.0. The van der Waals surface area contributed by atoms with Crippen LogP contribution in [0, 0.1) is 5.92 Å². The van der Waals surface area contributed by atoms with Crippen molar-refractivity contribution in [3.63, 3.8) is 0 Å². The molecule has 4 heterocycles. The molecule has 0 bridgehead atoms. The fraction of sp³-hybridized carbons (Fsp3) is 0.500. The number of halogens is 2. The van der Waals surface area contributed by atoms with Crippen LogP contribution in [0.15, 0.2) is 41.6 Å². The second kappa shape index (κ2) is 8.19. The molecule has 178 valence electrons. The van der Waals surface area contributed by atoms with Gasteiger partial charge < -0.3 is 9.80 Å². The number of nitrogens with zero attached hydrogens (tertiary/aromatic N) is 4. The highest BCUT2D eigenvalue weighted by Gasteiger charge is 2.41. The zero-order chi connectivity index (χ0) is 24.0. The lowest BCUT2D eigenvalue weighted by atomic mass is 9.90. The van der Waals surface area contributed by atoms with Gasteiger partial charge >= 0.3 is 0 Å². The van der Waals surface area contributed by atoms with E-state index < -0.39 is 33.4 Å². The lowest BCUT2D eigenvalue weighted by Gasteiger charge is -2.36. The quantitative estimate of drug-likeness (QED) is 0.704. The summed E-state index contributed by atoms with van der Waals surface area (Å²) in [6, 6.07) is 7.22. The van der Waals surface area contributed by atoms with E-state index in [-0.39, 0.29) is 29.9 Å². The van der Waals surface area contributed by atoms with Crippen LogP contribution in [0.3, 0.4) is 0 Å². The van der Waals surface area contributed by atoms with Gasteiger partial charge in [-0.1, -0.05) is 13.0 Å². The van der Waals surface area contributed by atoms with Gasteiger partial charge in [-0.05, 0) is 50.5 Å². The van der Waals surface area contributed by atoms with Crippen molar-refractivity contribution in [1.82, 2.24) is 14.7 Å². The summed E-state index contributed by atoms with van der Waals surface area (Å²) >= 11 is 0. The summed E-state index contributed by atoms with van der Waals surface area (Å²) in [5, 5.41) is -0.413. The van der Waals surface area contributed by atoms with Crippen LogP contribution < -0.4 is 14.5 Å². The van der Waals surface area contributed by atoms with E-state index in [0.29, 0.717) is 18.3 Å². The number of sulfonamides is 1. The molecular weight excluding hydrogens is 452 g/mol. The standard InChI is InChI=1S/C22H27F2N5O3S/c1-15-9-12-29(21(15,2)3)19-16(6-5-11-25-19)20(30)27-33(31,32)18-8-4-7-17(26-18)28-13-10-22(23,24)14-28/h4-8,11,15H,9-10,12-14H2,1-3H3,(H,27,30). The van der Waals surface area contributed by atoms with E-state index in [1.807, 2.05) is 4.90 Å². The van der Waals surface area contributed by atoms with Crippen LogP contribution in [0.2, 0.25) is 0 Å². The Kier molecular flexibility index (Phi) is 5.80. The van der Waals surface area contributed by atoms with E-state index >= 15 is 0 Å². The lowest BCUT2D eigenvalue weighted by Crippen LogP contribution is -2.43. The van der Waals surface area contributed by atoms with E-state index in [1.165, 1.54) is 29.2 Å². The van der Waals surface area contributed by atoms with Gasteiger partial charge in [-0.15, -0.1) is 0 Å². The average Bonchev–Trinajstić information content (AvgIpc) is 3.25. The molecule has 1 atom stereocenters. The first-order valence-corrected chi connectivity index (χ1v) is 12.3. The average molecular weight is 480 g/mol. The van der Waals surface area contributed by atoms with Gasteiger partial charge in [0.15, 0.2) is 5.03 Å². The van der Waals surface area contributed by atoms with Crippen molar-refractivity contribution < 1.29 is 22.0 Å². The number of pyridine rings is 2. The molecule has 11 heteroatoms. The van der Waals surface area contributed by atoms with Crippen LogP contribution in [0.4, 0.5) is 20.4 Å². The zero-order valence-corrected chi connectivity index (χ0v) is 19.6. The SMILES string of the molecule is CC1CCN(c2ncccc2C(=O)NS(=O)(=O)c2cccc(N3CCC(F)(F)C3)n2)C1(C)C. The molecule has 2 saturated heterocycles. The highest BCUT2D eigenvalue weighted by molar-refractivity contribution is 7.90. The number of hydrogen-bond acceptors (Lipinski definition) is 7. The molecule has 2 fully saturated rings. The third kappa shape index (κ3) is 4.50. The van der Waals surface area contributed by atoms with Gasteiger partial charge in [0.1, 0.15) is 11.6 Å². The van der Waals surface area contributed by atoms with Gasteiger partial charge in [0.05, 0.1) is 12.1 Å². The lowest BCUT2D eigenvalue weighted by molar-refractivity contribution is 0.0256. The summed E-state index contributed by atoms with van der Waals surface area (Å²) in [4.78, 5) is 24.8. The number of amides is 1. The van der Waals surface area contributed by atoms with Gasteiger partial charge in [-0.2, -0.15) is 8.42 Å². The van der Waals surface area contributed by atoms with Gasteiger partial charge in [0, 0.05) is 31.2 Å². The first-order valence-electron chi connectivity index (χ1n) is 10.8. The molecule has 2 aliphatic heterocycles. The van der Waals surface area contributed by atoms with Crippen molar-refractivity contribution in [1.29, 1.82) is 0 Å². The van der Waals surface area contributed by atoms with Gasteiger partial charge in [0.25, 0.3) is 21.9 Å². The topological polar surface area (TPSA) is 95.5 Å². The molecular formula is C22H27F2N5O3S. The molecule has 1 N–H and O–H groups in total. The van der Waals surface area contributed by atoms with Crippen LogP contribution in [0.5, 0.6) is 0 Å². The predicted octanol–water partition coefficient (Wildman–Crippen LogP) is 3.07. The Balaban J connectivity index is 1.58. The highest BCUT2D eigenvalue weighted by atomic mass is 32.2. The predicted molar refractivity (Wildman–Crippen MR) is 120 cm³/mol. The first-order chi connectivity index (χ1) is 15.4. The van der Waals surface area contributed by atoms with Gasteiger partial charge in [-0.3, -0.25) is 4.79 Å². The Bertz CT molecular complexity index is 1170. The minimum Gasteiger partial charge on any atom is -0.351 e. The van der Waals surface area contributed by atoms with Crippen molar-refractivity contribution >= 4 is 27.6 Å². The number of aromatic nitrogens is 2. The maximum atomic E-state index is 13.6. The summed E-state index contributed by atoms with van der Waals surface area (Å²) in [5.74, 6) is -2.77. The molecule has 2 aliphatic rings. The number of carbonyl (C=O) groups is 1. The largest absolute Gasteiger partial charge is 0.351 e.